The van der Waals surface area contributed by atoms with Crippen molar-refractivity contribution in [2.75, 3.05) is 0 Å². The van der Waals surface area contributed by atoms with Gasteiger partial charge in [-0.2, -0.15) is 10.2 Å². The number of fused-ring (bicyclic) bond motifs is 2. The van der Waals surface area contributed by atoms with Gasteiger partial charge in [0.2, 0.25) is 0 Å². The Balaban J connectivity index is 1.49. The minimum atomic E-state index is -0.525. The second-order valence-electron chi connectivity index (χ2n) is 10.3. The average Bonchev–Trinajstić information content (AvgIpc) is 3.44. The van der Waals surface area contributed by atoms with E-state index in [1.54, 1.807) is 39.1 Å². The second-order valence-corrected chi connectivity index (χ2v) is 10.3. The first-order valence-electron chi connectivity index (χ1n) is 13.6. The summed E-state index contributed by atoms with van der Waals surface area (Å²) in [5, 5.41) is 13.2. The van der Waals surface area contributed by atoms with Crippen molar-refractivity contribution in [3.8, 4) is 17.5 Å². The third-order valence-electron chi connectivity index (χ3n) is 7.51. The number of rotatable bonds is 4. The summed E-state index contributed by atoms with van der Waals surface area (Å²) in [7, 11) is 1.89. The Hall–Kier alpha value is -5.49. The standard InChI is InChI=1S/C33H29N7O2/c1-20-27(23(4)38(5)36-20)16-15-24-11-9-12-25-19-28(40(33(42)30(24)25)26-13-7-6-8-14-26)21(2)35-32(41)29-22(3)37-39-18-10-17-34-31(29)39/h6-14,17-19,21H,1-5H3,(H,35,41)/t21-/m0/s1. The molecule has 6 aromatic rings. The Morgan fingerprint density at radius 2 is 1.74 bits per heavy atom. The van der Waals surface area contributed by atoms with E-state index in [9.17, 15) is 9.59 Å². The summed E-state index contributed by atoms with van der Waals surface area (Å²) < 4.78 is 5.04. The van der Waals surface area contributed by atoms with E-state index in [4.69, 9.17) is 0 Å². The van der Waals surface area contributed by atoms with Crippen molar-refractivity contribution in [1.82, 2.24) is 34.3 Å². The normalized spacial score (nSPS) is 11.8. The first kappa shape index (κ1) is 26.7. The fourth-order valence-corrected chi connectivity index (χ4v) is 5.34. The molecular weight excluding hydrogens is 526 g/mol. The summed E-state index contributed by atoms with van der Waals surface area (Å²) in [4.78, 5) is 32.2. The summed E-state index contributed by atoms with van der Waals surface area (Å²) in [6.45, 7) is 7.54. The molecule has 0 aliphatic rings. The number of aryl methyl sites for hydroxylation is 3. The molecule has 0 fully saturated rings. The number of para-hydroxylation sites is 1. The number of benzene rings is 2. The topological polar surface area (TPSA) is 99.1 Å². The lowest BCUT2D eigenvalue weighted by Gasteiger charge is -2.21. The lowest BCUT2D eigenvalue weighted by Crippen LogP contribution is -2.32. The van der Waals surface area contributed by atoms with Gasteiger partial charge in [-0.15, -0.1) is 0 Å². The quantitative estimate of drug-likeness (QED) is 0.321. The molecule has 0 spiro atoms. The zero-order chi connectivity index (χ0) is 29.5. The minimum absolute atomic E-state index is 0.215. The van der Waals surface area contributed by atoms with Gasteiger partial charge in [-0.3, -0.25) is 18.8 Å². The van der Waals surface area contributed by atoms with Crippen LogP contribution in [0.1, 0.15) is 57.2 Å². The largest absolute Gasteiger partial charge is 0.344 e. The maximum absolute atomic E-state index is 14.3. The molecule has 9 nitrogen and oxygen atoms in total. The SMILES string of the molecule is Cc1nn(C)c(C)c1C#Cc1cccc2cc([C@H](C)NC(=O)c3c(C)nn4cccnc34)n(-c3ccccc3)c(=O)c12. The molecule has 0 unspecified atom stereocenters. The molecule has 0 radical (unpaired) electrons. The van der Waals surface area contributed by atoms with E-state index < -0.39 is 6.04 Å². The van der Waals surface area contributed by atoms with Crippen LogP contribution in [0.5, 0.6) is 0 Å². The van der Waals surface area contributed by atoms with Crippen LogP contribution in [0, 0.1) is 32.6 Å². The van der Waals surface area contributed by atoms with Gasteiger partial charge in [-0.05, 0) is 63.4 Å². The van der Waals surface area contributed by atoms with Crippen LogP contribution in [-0.2, 0) is 7.05 Å². The zero-order valence-corrected chi connectivity index (χ0v) is 24.0. The highest BCUT2D eigenvalue weighted by Crippen LogP contribution is 2.24. The molecular formula is C33H29N7O2. The Morgan fingerprint density at radius 3 is 2.48 bits per heavy atom. The Morgan fingerprint density at radius 1 is 0.952 bits per heavy atom. The predicted octanol–water partition coefficient (Wildman–Crippen LogP) is 4.58. The van der Waals surface area contributed by atoms with Crippen LogP contribution in [0.25, 0.3) is 22.1 Å². The smallest absolute Gasteiger partial charge is 0.264 e. The van der Waals surface area contributed by atoms with Gasteiger partial charge < -0.3 is 5.32 Å². The Bertz CT molecular complexity index is 2130. The number of amides is 1. The van der Waals surface area contributed by atoms with Gasteiger partial charge in [0, 0.05) is 36.4 Å². The molecule has 0 saturated carbocycles. The van der Waals surface area contributed by atoms with Gasteiger partial charge in [0.05, 0.1) is 34.1 Å². The van der Waals surface area contributed by atoms with E-state index in [-0.39, 0.29) is 11.5 Å². The highest BCUT2D eigenvalue weighted by molar-refractivity contribution is 6.01. The molecule has 1 N–H and O–H groups in total. The predicted molar refractivity (Wildman–Crippen MR) is 162 cm³/mol. The van der Waals surface area contributed by atoms with Crippen molar-refractivity contribution in [3.63, 3.8) is 0 Å². The highest BCUT2D eigenvalue weighted by Gasteiger charge is 2.23. The molecule has 0 bridgehead atoms. The molecule has 1 amide bonds. The lowest BCUT2D eigenvalue weighted by atomic mass is 10.0. The fraction of sp³-hybridized carbons (Fsp3) is 0.182. The van der Waals surface area contributed by atoms with Gasteiger partial charge >= 0.3 is 0 Å². The number of hydrogen-bond acceptors (Lipinski definition) is 5. The van der Waals surface area contributed by atoms with Crippen molar-refractivity contribution in [2.24, 2.45) is 7.05 Å². The van der Waals surface area contributed by atoms with Crippen LogP contribution < -0.4 is 10.9 Å². The summed E-state index contributed by atoms with van der Waals surface area (Å²) in [5.41, 5.74) is 5.83. The fourth-order valence-electron chi connectivity index (χ4n) is 5.34. The van der Waals surface area contributed by atoms with Crippen molar-refractivity contribution in [2.45, 2.75) is 33.7 Å². The van der Waals surface area contributed by atoms with Crippen molar-refractivity contribution < 1.29 is 4.79 Å². The number of hydrogen-bond donors (Lipinski definition) is 1. The van der Waals surface area contributed by atoms with Crippen LogP contribution in [-0.4, -0.2) is 34.9 Å². The molecule has 4 aromatic heterocycles. The minimum Gasteiger partial charge on any atom is -0.344 e. The van der Waals surface area contributed by atoms with Crippen molar-refractivity contribution >= 4 is 22.3 Å². The number of aromatic nitrogens is 6. The average molecular weight is 556 g/mol. The summed E-state index contributed by atoms with van der Waals surface area (Å²) in [6.07, 6.45) is 3.38. The Kier molecular flexibility index (Phi) is 6.67. The summed E-state index contributed by atoms with van der Waals surface area (Å²) in [5.74, 6) is 6.17. The van der Waals surface area contributed by atoms with Crippen LogP contribution in [0.3, 0.4) is 0 Å². The molecule has 42 heavy (non-hydrogen) atoms. The number of carbonyl (C=O) groups is 1. The molecule has 1 atom stereocenters. The maximum atomic E-state index is 14.3. The van der Waals surface area contributed by atoms with Gasteiger partial charge in [-0.1, -0.05) is 42.2 Å². The number of pyridine rings is 1. The molecule has 6 rings (SSSR count). The van der Waals surface area contributed by atoms with Gasteiger partial charge in [0.25, 0.3) is 11.5 Å². The van der Waals surface area contributed by atoms with E-state index in [0.717, 1.165) is 22.3 Å². The van der Waals surface area contributed by atoms with E-state index in [1.165, 1.54) is 0 Å². The number of carbonyl (C=O) groups excluding carboxylic acids is 1. The third kappa shape index (κ3) is 4.53. The van der Waals surface area contributed by atoms with Crippen LogP contribution in [0.4, 0.5) is 0 Å². The monoisotopic (exact) mass is 555 g/mol. The number of nitrogens with one attached hydrogen (secondary N) is 1. The van der Waals surface area contributed by atoms with Crippen LogP contribution in [0.15, 0.2) is 77.9 Å². The maximum Gasteiger partial charge on any atom is 0.264 e. The first-order chi connectivity index (χ1) is 20.2. The molecule has 9 heteroatoms. The third-order valence-corrected chi connectivity index (χ3v) is 7.51. The molecule has 0 saturated heterocycles. The molecule has 2 aromatic carbocycles. The first-order valence-corrected chi connectivity index (χ1v) is 13.6. The van der Waals surface area contributed by atoms with Gasteiger partial charge in [0.1, 0.15) is 5.56 Å². The molecule has 4 heterocycles. The van der Waals surface area contributed by atoms with E-state index in [1.807, 2.05) is 82.4 Å². The van der Waals surface area contributed by atoms with Crippen LogP contribution in [0.2, 0.25) is 0 Å². The highest BCUT2D eigenvalue weighted by atomic mass is 16.2. The van der Waals surface area contributed by atoms with Crippen molar-refractivity contribution in [3.05, 3.63) is 123 Å². The lowest BCUT2D eigenvalue weighted by molar-refractivity contribution is 0.0939. The molecule has 0 aliphatic carbocycles. The van der Waals surface area contributed by atoms with Gasteiger partial charge in [-0.25, -0.2) is 9.50 Å². The van der Waals surface area contributed by atoms with Crippen molar-refractivity contribution in [1.29, 1.82) is 0 Å². The van der Waals surface area contributed by atoms with E-state index in [2.05, 4.69) is 32.3 Å². The Labute approximate surface area is 242 Å². The zero-order valence-electron chi connectivity index (χ0n) is 24.0. The van der Waals surface area contributed by atoms with Gasteiger partial charge in [0.15, 0.2) is 5.65 Å². The van der Waals surface area contributed by atoms with E-state index in [0.29, 0.717) is 39.2 Å². The molecule has 0 aliphatic heterocycles. The second kappa shape index (κ2) is 10.5. The van der Waals surface area contributed by atoms with Crippen LogP contribution >= 0.6 is 0 Å². The molecule has 208 valence electrons. The summed E-state index contributed by atoms with van der Waals surface area (Å²) >= 11 is 0. The number of nitrogens with zero attached hydrogens (tertiary/aromatic N) is 6. The summed E-state index contributed by atoms with van der Waals surface area (Å²) in [6, 6.07) is 18.2. The van der Waals surface area contributed by atoms with E-state index >= 15 is 0 Å².